The Morgan fingerprint density at radius 3 is 1.58 bits per heavy atom. The third-order valence-electron chi connectivity index (χ3n) is 10.1. The quantitative estimate of drug-likeness (QED) is 0.0112. The molecular formula is C48H88NO9P. The lowest BCUT2D eigenvalue weighted by Gasteiger charge is -2.28. The molecule has 0 spiro atoms. The van der Waals surface area contributed by atoms with E-state index in [0.29, 0.717) is 30.3 Å². The van der Waals surface area contributed by atoms with E-state index in [4.69, 9.17) is 18.5 Å². The zero-order chi connectivity index (χ0) is 43.7. The molecule has 0 aromatic rings. The highest BCUT2D eigenvalue weighted by Crippen LogP contribution is 2.38. The molecule has 0 radical (unpaired) electrons. The molecule has 0 N–H and O–H groups in total. The third kappa shape index (κ3) is 43.8. The number of carbonyl (C=O) groups excluding carboxylic acids is 3. The molecule has 11 heteroatoms. The van der Waals surface area contributed by atoms with Gasteiger partial charge in [-0.2, -0.15) is 0 Å². The van der Waals surface area contributed by atoms with Crippen LogP contribution in [0.15, 0.2) is 36.5 Å². The predicted molar refractivity (Wildman–Crippen MR) is 241 cm³/mol. The summed E-state index contributed by atoms with van der Waals surface area (Å²) in [5, 5.41) is 0. The van der Waals surface area contributed by atoms with Gasteiger partial charge in [0, 0.05) is 19.3 Å². The van der Waals surface area contributed by atoms with Crippen LogP contribution >= 0.6 is 7.82 Å². The molecule has 0 heterocycles. The number of phosphoric acid groups is 1. The standard InChI is InChI=1S/C48H88NO9P/c1-6-8-10-12-14-15-16-17-18-19-20-21-22-23-24-25-27-31-35-39-47(51)55-43-46(44-57-59(53,54)56-42-41-49(3,4)5)58-48(52)40-36-32-28-30-34-38-45(50)37-33-29-26-13-11-9-7-2/h17-18,26,29,33,37,46H,6-16,19-25,27-28,30-32,34-36,38-44H2,1-5H3/b18-17-,29-26-,37-33+/t46-/m1/s1. The molecule has 0 aliphatic rings. The highest BCUT2D eigenvalue weighted by atomic mass is 31.2. The van der Waals surface area contributed by atoms with Gasteiger partial charge in [0.25, 0.3) is 7.82 Å². The molecule has 0 saturated carbocycles. The van der Waals surface area contributed by atoms with Crippen LogP contribution in [-0.4, -0.2) is 75.8 Å². The van der Waals surface area contributed by atoms with Crippen molar-refractivity contribution in [3.8, 4) is 0 Å². The molecule has 0 fully saturated rings. The minimum absolute atomic E-state index is 0.0532. The van der Waals surface area contributed by atoms with Crippen molar-refractivity contribution in [2.45, 2.75) is 206 Å². The molecule has 2 atom stereocenters. The zero-order valence-electron chi connectivity index (χ0n) is 38.4. The molecule has 1 unspecified atom stereocenters. The lowest BCUT2D eigenvalue weighted by molar-refractivity contribution is -0.870. The first-order chi connectivity index (χ1) is 28.4. The summed E-state index contributed by atoms with van der Waals surface area (Å²) in [6.07, 6.45) is 41.3. The van der Waals surface area contributed by atoms with Crippen molar-refractivity contribution in [3.05, 3.63) is 36.5 Å². The number of phosphoric ester groups is 1. The molecule has 344 valence electrons. The summed E-state index contributed by atoms with van der Waals surface area (Å²) in [7, 11) is 1.09. The molecule has 0 aromatic carbocycles. The van der Waals surface area contributed by atoms with Crippen LogP contribution in [0, 0.1) is 0 Å². The number of esters is 2. The fourth-order valence-electron chi connectivity index (χ4n) is 6.34. The van der Waals surface area contributed by atoms with Crippen molar-refractivity contribution < 1.29 is 46.8 Å². The monoisotopic (exact) mass is 854 g/mol. The SMILES string of the molecule is CCCCC/C=C\C=C\C(=O)CCCCCCCC(=O)O[C@H](COC(=O)CCCCCCCCCCC/C=C\CCCCCCCC)COP(=O)([O-])OCC[N+](C)(C)C. The lowest BCUT2D eigenvalue weighted by Crippen LogP contribution is -2.37. The molecule has 0 bridgehead atoms. The van der Waals surface area contributed by atoms with Gasteiger partial charge < -0.3 is 27.9 Å². The maximum atomic E-state index is 12.7. The number of carbonyl (C=O) groups is 3. The van der Waals surface area contributed by atoms with Gasteiger partial charge in [-0.1, -0.05) is 153 Å². The van der Waals surface area contributed by atoms with Crippen molar-refractivity contribution in [1.82, 2.24) is 0 Å². The summed E-state index contributed by atoms with van der Waals surface area (Å²) in [6.45, 7) is 4.04. The van der Waals surface area contributed by atoms with Crippen LogP contribution in [0.5, 0.6) is 0 Å². The maximum Gasteiger partial charge on any atom is 0.306 e. The van der Waals surface area contributed by atoms with Crippen molar-refractivity contribution in [3.63, 3.8) is 0 Å². The molecule has 0 saturated heterocycles. The largest absolute Gasteiger partial charge is 0.756 e. The third-order valence-corrected chi connectivity index (χ3v) is 11.1. The molecule has 0 rings (SSSR count). The predicted octanol–water partition coefficient (Wildman–Crippen LogP) is 12.2. The van der Waals surface area contributed by atoms with Crippen LogP contribution in [0.3, 0.4) is 0 Å². The first-order valence-electron chi connectivity index (χ1n) is 23.6. The summed E-state index contributed by atoms with van der Waals surface area (Å²) in [5.41, 5.74) is 0. The zero-order valence-corrected chi connectivity index (χ0v) is 39.3. The molecule has 0 aliphatic heterocycles. The van der Waals surface area contributed by atoms with Gasteiger partial charge in [-0.05, 0) is 63.9 Å². The Kier molecular flexibility index (Phi) is 38.6. The highest BCUT2D eigenvalue weighted by molar-refractivity contribution is 7.45. The van der Waals surface area contributed by atoms with Gasteiger partial charge in [-0.3, -0.25) is 18.9 Å². The summed E-state index contributed by atoms with van der Waals surface area (Å²) >= 11 is 0. The second-order valence-corrected chi connectivity index (χ2v) is 18.6. The van der Waals surface area contributed by atoms with E-state index in [9.17, 15) is 23.8 Å². The van der Waals surface area contributed by atoms with Crippen molar-refractivity contribution in [2.75, 3.05) is 47.5 Å². The second-order valence-electron chi connectivity index (χ2n) is 17.2. The van der Waals surface area contributed by atoms with E-state index in [2.05, 4.69) is 32.1 Å². The van der Waals surface area contributed by atoms with Gasteiger partial charge in [0.1, 0.15) is 19.8 Å². The van der Waals surface area contributed by atoms with E-state index in [1.165, 1.54) is 103 Å². The van der Waals surface area contributed by atoms with Gasteiger partial charge >= 0.3 is 11.9 Å². The number of ketones is 1. The number of unbranched alkanes of at least 4 members (excludes halogenated alkanes) is 22. The molecule has 0 aliphatic carbocycles. The smallest absolute Gasteiger partial charge is 0.306 e. The van der Waals surface area contributed by atoms with Crippen molar-refractivity contribution >= 4 is 25.5 Å². The Morgan fingerprint density at radius 1 is 0.559 bits per heavy atom. The van der Waals surface area contributed by atoms with E-state index >= 15 is 0 Å². The number of rotatable bonds is 43. The Hall–Kier alpha value is -2.10. The Labute approximate surface area is 361 Å². The van der Waals surface area contributed by atoms with E-state index in [-0.39, 0.29) is 31.8 Å². The van der Waals surface area contributed by atoms with Gasteiger partial charge in [0.05, 0.1) is 27.7 Å². The van der Waals surface area contributed by atoms with Crippen LogP contribution in [0.25, 0.3) is 0 Å². The number of hydrogen-bond acceptors (Lipinski definition) is 9. The molecule has 0 aromatic heterocycles. The van der Waals surface area contributed by atoms with Gasteiger partial charge in [-0.15, -0.1) is 0 Å². The molecule has 59 heavy (non-hydrogen) atoms. The number of likely N-dealkylation sites (N-methyl/N-ethyl adjacent to an activating group) is 1. The molecular weight excluding hydrogens is 766 g/mol. The average molecular weight is 854 g/mol. The topological polar surface area (TPSA) is 128 Å². The van der Waals surface area contributed by atoms with Crippen LogP contribution in [-0.2, 0) is 37.5 Å². The Bertz CT molecular complexity index is 1160. The lowest BCUT2D eigenvalue weighted by atomic mass is 10.1. The number of quaternary nitrogens is 1. The fraction of sp³-hybridized carbons (Fsp3) is 0.812. The number of ether oxygens (including phenoxy) is 2. The summed E-state index contributed by atoms with van der Waals surface area (Å²) in [6, 6.07) is 0. The second kappa shape index (κ2) is 40.0. The van der Waals surface area contributed by atoms with Crippen molar-refractivity contribution in [1.29, 1.82) is 0 Å². The van der Waals surface area contributed by atoms with Crippen LogP contribution < -0.4 is 4.89 Å². The summed E-state index contributed by atoms with van der Waals surface area (Å²) in [5.74, 6) is -0.810. The maximum absolute atomic E-state index is 12.7. The summed E-state index contributed by atoms with van der Waals surface area (Å²) < 4.78 is 33.8. The highest BCUT2D eigenvalue weighted by Gasteiger charge is 2.21. The molecule has 0 amide bonds. The van der Waals surface area contributed by atoms with Gasteiger partial charge in [0.2, 0.25) is 0 Å². The Balaban J connectivity index is 4.37. The normalized spacial score (nSPS) is 13.7. The number of allylic oxidation sites excluding steroid dienone is 6. The van der Waals surface area contributed by atoms with Crippen LogP contribution in [0.1, 0.15) is 200 Å². The molecule has 10 nitrogen and oxygen atoms in total. The van der Waals surface area contributed by atoms with Crippen LogP contribution in [0.2, 0.25) is 0 Å². The fourth-order valence-corrected chi connectivity index (χ4v) is 7.07. The first-order valence-corrected chi connectivity index (χ1v) is 25.1. The van der Waals surface area contributed by atoms with Gasteiger partial charge in [-0.25, -0.2) is 0 Å². The average Bonchev–Trinajstić information content (AvgIpc) is 3.18. The van der Waals surface area contributed by atoms with E-state index in [1.807, 2.05) is 33.3 Å². The van der Waals surface area contributed by atoms with E-state index in [1.54, 1.807) is 6.08 Å². The minimum Gasteiger partial charge on any atom is -0.756 e. The number of nitrogens with zero attached hydrogens (tertiary/aromatic N) is 1. The van der Waals surface area contributed by atoms with Crippen LogP contribution in [0.4, 0.5) is 0 Å². The first kappa shape index (κ1) is 56.9. The minimum atomic E-state index is -4.66. The summed E-state index contributed by atoms with van der Waals surface area (Å²) in [4.78, 5) is 49.7. The van der Waals surface area contributed by atoms with E-state index < -0.39 is 32.5 Å². The Morgan fingerprint density at radius 2 is 1.02 bits per heavy atom. The number of hydrogen-bond donors (Lipinski definition) is 0. The van der Waals surface area contributed by atoms with E-state index in [0.717, 1.165) is 51.4 Å². The van der Waals surface area contributed by atoms with Gasteiger partial charge in [0.15, 0.2) is 11.9 Å². The van der Waals surface area contributed by atoms with Crippen molar-refractivity contribution in [2.24, 2.45) is 0 Å².